The topological polar surface area (TPSA) is 114 Å². The van der Waals surface area contributed by atoms with Crippen LogP contribution in [0.2, 0.25) is 5.02 Å². The fourth-order valence-electron chi connectivity index (χ4n) is 3.34. The first-order valence-corrected chi connectivity index (χ1v) is 13.2. The van der Waals surface area contributed by atoms with E-state index in [1.54, 1.807) is 0 Å². The van der Waals surface area contributed by atoms with Crippen molar-refractivity contribution in [2.24, 2.45) is 0 Å². The molecule has 0 saturated carbocycles. The molecule has 8 nitrogen and oxygen atoms in total. The van der Waals surface area contributed by atoms with Gasteiger partial charge in [-0.05, 0) is 41.8 Å². The minimum atomic E-state index is -3.43. The van der Waals surface area contributed by atoms with Gasteiger partial charge in [0.1, 0.15) is 18.4 Å². The Labute approximate surface area is 211 Å². The van der Waals surface area contributed by atoms with E-state index < -0.39 is 15.4 Å². The molecule has 0 spiro atoms. The summed E-state index contributed by atoms with van der Waals surface area (Å²) in [6.07, 6.45) is 4.86. The van der Waals surface area contributed by atoms with Crippen molar-refractivity contribution < 1.29 is 17.9 Å². The molecule has 0 amide bonds. The van der Waals surface area contributed by atoms with E-state index in [0.717, 1.165) is 23.8 Å². The second-order valence-corrected chi connectivity index (χ2v) is 10.7. The van der Waals surface area contributed by atoms with Crippen molar-refractivity contribution in [1.82, 2.24) is 9.97 Å². The van der Waals surface area contributed by atoms with Gasteiger partial charge in [0, 0.05) is 23.4 Å². The number of nitriles is 1. The Kier molecular flexibility index (Phi) is 8.20. The molecule has 1 aromatic heterocycles. The van der Waals surface area contributed by atoms with Crippen molar-refractivity contribution >= 4 is 27.6 Å². The second kappa shape index (κ2) is 10.9. The summed E-state index contributed by atoms with van der Waals surface area (Å²) in [5, 5.41) is 10.0. The summed E-state index contributed by atoms with van der Waals surface area (Å²) in [5.74, 6) is 1.08. The molecule has 0 aliphatic carbocycles. The SMILES string of the molecule is CCCOc1c(Cl)cc(C(C)(C)c2ccc(OCc3cnc(NS(C)(=O)=O)nc3)cc2)cc1C#N. The number of aromatic nitrogens is 2. The van der Waals surface area contributed by atoms with Gasteiger partial charge < -0.3 is 9.47 Å². The van der Waals surface area contributed by atoms with E-state index in [4.69, 9.17) is 21.1 Å². The molecule has 2 aromatic carbocycles. The van der Waals surface area contributed by atoms with E-state index in [1.165, 1.54) is 12.4 Å². The summed E-state index contributed by atoms with van der Waals surface area (Å²) in [6, 6.07) is 13.5. The van der Waals surface area contributed by atoms with Crippen LogP contribution in [0.5, 0.6) is 11.5 Å². The summed E-state index contributed by atoms with van der Waals surface area (Å²) in [4.78, 5) is 7.95. The molecule has 0 saturated heterocycles. The number of benzene rings is 2. The maximum atomic E-state index is 11.2. The predicted molar refractivity (Wildman–Crippen MR) is 135 cm³/mol. The van der Waals surface area contributed by atoms with Gasteiger partial charge in [0.2, 0.25) is 16.0 Å². The normalized spacial score (nSPS) is 11.5. The van der Waals surface area contributed by atoms with Crippen LogP contribution >= 0.6 is 11.6 Å². The van der Waals surface area contributed by atoms with Crippen LogP contribution < -0.4 is 14.2 Å². The summed E-state index contributed by atoms with van der Waals surface area (Å²) in [6.45, 7) is 6.83. The first-order chi connectivity index (χ1) is 16.5. The molecular weight excluding hydrogens is 488 g/mol. The molecule has 35 heavy (non-hydrogen) atoms. The van der Waals surface area contributed by atoms with Crippen molar-refractivity contribution in [2.45, 2.75) is 39.2 Å². The van der Waals surface area contributed by atoms with Gasteiger partial charge in [0.05, 0.1) is 23.4 Å². The largest absolute Gasteiger partial charge is 0.491 e. The molecule has 0 bridgehead atoms. The zero-order valence-electron chi connectivity index (χ0n) is 20.0. The lowest BCUT2D eigenvalue weighted by Gasteiger charge is -2.27. The van der Waals surface area contributed by atoms with E-state index in [2.05, 4.69) is 34.6 Å². The highest BCUT2D eigenvalue weighted by molar-refractivity contribution is 7.91. The number of hydrogen-bond donors (Lipinski definition) is 1. The molecule has 3 rings (SSSR count). The van der Waals surface area contributed by atoms with Crippen LogP contribution in [0.3, 0.4) is 0 Å². The number of rotatable bonds is 10. The lowest BCUT2D eigenvalue weighted by atomic mass is 9.77. The molecular formula is C25H27ClN4O4S. The smallest absolute Gasteiger partial charge is 0.236 e. The standard InChI is InChI=1S/C25H27ClN4O4S/c1-5-10-33-23-18(13-27)11-20(12-22(23)26)25(2,3)19-6-8-21(9-7-19)34-16-17-14-28-24(29-15-17)30-35(4,31)32/h6-9,11-12,14-15H,5,10,16H2,1-4H3,(H,28,29,30). The van der Waals surface area contributed by atoms with Gasteiger partial charge in [0.15, 0.2) is 5.75 Å². The molecule has 0 unspecified atom stereocenters. The maximum Gasteiger partial charge on any atom is 0.236 e. The van der Waals surface area contributed by atoms with Crippen LogP contribution in [-0.4, -0.2) is 31.2 Å². The van der Waals surface area contributed by atoms with Gasteiger partial charge in [-0.25, -0.2) is 18.4 Å². The summed E-state index contributed by atoms with van der Waals surface area (Å²) in [7, 11) is -3.43. The third kappa shape index (κ3) is 6.84. The molecule has 10 heteroatoms. The third-order valence-corrected chi connectivity index (χ3v) is 6.13. The number of hydrogen-bond acceptors (Lipinski definition) is 7. The molecule has 0 fully saturated rings. The average Bonchev–Trinajstić information content (AvgIpc) is 2.81. The van der Waals surface area contributed by atoms with Gasteiger partial charge in [-0.3, -0.25) is 4.72 Å². The third-order valence-electron chi connectivity index (χ3n) is 5.30. The zero-order valence-corrected chi connectivity index (χ0v) is 21.6. The molecule has 3 aromatic rings. The lowest BCUT2D eigenvalue weighted by Crippen LogP contribution is -2.19. The highest BCUT2D eigenvalue weighted by atomic mass is 35.5. The minimum Gasteiger partial charge on any atom is -0.491 e. The summed E-state index contributed by atoms with van der Waals surface area (Å²) in [5.41, 5.74) is 2.60. The van der Waals surface area contributed by atoms with Crippen molar-refractivity contribution in [3.8, 4) is 17.6 Å². The fourth-order valence-corrected chi connectivity index (χ4v) is 4.05. The van der Waals surface area contributed by atoms with Crippen molar-refractivity contribution in [3.63, 3.8) is 0 Å². The van der Waals surface area contributed by atoms with E-state index in [1.807, 2.05) is 43.3 Å². The Balaban J connectivity index is 1.72. The van der Waals surface area contributed by atoms with Crippen molar-refractivity contribution in [1.29, 1.82) is 5.26 Å². The Morgan fingerprint density at radius 1 is 1.09 bits per heavy atom. The van der Waals surface area contributed by atoms with E-state index >= 15 is 0 Å². The monoisotopic (exact) mass is 514 g/mol. The maximum absolute atomic E-state index is 11.2. The predicted octanol–water partition coefficient (Wildman–Crippen LogP) is 5.07. The molecule has 0 atom stereocenters. The Morgan fingerprint density at radius 3 is 2.31 bits per heavy atom. The number of ether oxygens (including phenoxy) is 2. The van der Waals surface area contributed by atoms with E-state index in [0.29, 0.717) is 34.3 Å². The van der Waals surface area contributed by atoms with Crippen LogP contribution in [0.1, 0.15) is 49.4 Å². The molecule has 184 valence electrons. The quantitative estimate of drug-likeness (QED) is 0.401. The molecule has 0 aliphatic rings. The Bertz CT molecular complexity index is 1320. The highest BCUT2D eigenvalue weighted by Gasteiger charge is 2.26. The summed E-state index contributed by atoms with van der Waals surface area (Å²) < 4.78 is 36.2. The zero-order chi connectivity index (χ0) is 25.6. The van der Waals surface area contributed by atoms with Gasteiger partial charge in [0.25, 0.3) is 0 Å². The molecule has 0 aliphatic heterocycles. The first kappa shape index (κ1) is 26.3. The van der Waals surface area contributed by atoms with Crippen LogP contribution in [0.25, 0.3) is 0 Å². The van der Waals surface area contributed by atoms with Gasteiger partial charge >= 0.3 is 0 Å². The van der Waals surface area contributed by atoms with Crippen molar-refractivity contribution in [3.05, 3.63) is 76.1 Å². The summed E-state index contributed by atoms with van der Waals surface area (Å²) >= 11 is 6.47. The Hall–Kier alpha value is -3.35. The van der Waals surface area contributed by atoms with Crippen LogP contribution in [0.4, 0.5) is 5.95 Å². The van der Waals surface area contributed by atoms with Crippen LogP contribution in [0, 0.1) is 11.3 Å². The number of sulfonamides is 1. The number of halogens is 1. The van der Waals surface area contributed by atoms with Crippen molar-refractivity contribution in [2.75, 3.05) is 17.6 Å². The van der Waals surface area contributed by atoms with Gasteiger partial charge in [-0.15, -0.1) is 0 Å². The highest BCUT2D eigenvalue weighted by Crippen LogP contribution is 2.38. The van der Waals surface area contributed by atoms with Crippen LogP contribution in [-0.2, 0) is 22.0 Å². The van der Waals surface area contributed by atoms with Gasteiger partial charge in [-0.2, -0.15) is 5.26 Å². The fraction of sp³-hybridized carbons (Fsp3) is 0.320. The minimum absolute atomic E-state index is 0.00690. The Morgan fingerprint density at radius 2 is 1.74 bits per heavy atom. The second-order valence-electron chi connectivity index (χ2n) is 8.52. The van der Waals surface area contributed by atoms with Crippen LogP contribution in [0.15, 0.2) is 48.8 Å². The molecule has 1 N–H and O–H groups in total. The number of anilines is 1. The van der Waals surface area contributed by atoms with Gasteiger partial charge in [-0.1, -0.05) is 44.5 Å². The number of nitrogens with zero attached hydrogens (tertiary/aromatic N) is 3. The van der Waals surface area contributed by atoms with E-state index in [-0.39, 0.29) is 12.6 Å². The van der Waals surface area contributed by atoms with E-state index in [9.17, 15) is 13.7 Å². The number of nitrogens with one attached hydrogen (secondary N) is 1. The average molecular weight is 515 g/mol. The molecule has 0 radical (unpaired) electrons. The molecule has 1 heterocycles. The lowest BCUT2D eigenvalue weighted by molar-refractivity contribution is 0.305. The first-order valence-electron chi connectivity index (χ1n) is 10.9.